The maximum atomic E-state index is 13.2. The second-order valence-electron chi connectivity index (χ2n) is 9.01. The van der Waals surface area contributed by atoms with Gasteiger partial charge in [-0.25, -0.2) is 4.79 Å². The highest BCUT2D eigenvalue weighted by Gasteiger charge is 2.46. The lowest BCUT2D eigenvalue weighted by Gasteiger charge is -2.41. The first-order chi connectivity index (χ1) is 14.9. The van der Waals surface area contributed by atoms with Crippen molar-refractivity contribution in [1.29, 1.82) is 0 Å². The van der Waals surface area contributed by atoms with Crippen molar-refractivity contribution in [1.82, 2.24) is 10.3 Å². The van der Waals surface area contributed by atoms with Gasteiger partial charge in [-0.15, -0.1) is 0 Å². The van der Waals surface area contributed by atoms with Crippen molar-refractivity contribution < 1.29 is 14.3 Å². The molecule has 1 aromatic carbocycles. The van der Waals surface area contributed by atoms with E-state index in [4.69, 9.17) is 4.74 Å². The number of aromatic nitrogens is 1. The molecule has 1 aliphatic carbocycles. The molecule has 2 aromatic rings. The third-order valence-electron chi connectivity index (χ3n) is 5.97. The lowest BCUT2D eigenvalue weighted by atomic mass is 9.66. The average molecular weight is 417 g/mol. The molecule has 2 heterocycles. The number of esters is 1. The van der Waals surface area contributed by atoms with Crippen LogP contribution in [0, 0.1) is 11.3 Å². The van der Waals surface area contributed by atoms with Crippen LogP contribution >= 0.6 is 0 Å². The summed E-state index contributed by atoms with van der Waals surface area (Å²) in [7, 11) is 0. The van der Waals surface area contributed by atoms with Crippen LogP contribution in [-0.2, 0) is 20.7 Å². The zero-order valence-electron chi connectivity index (χ0n) is 18.2. The smallest absolute Gasteiger partial charge is 0.336 e. The van der Waals surface area contributed by atoms with Crippen LogP contribution in [-0.4, -0.2) is 23.3 Å². The third kappa shape index (κ3) is 4.46. The number of pyridine rings is 1. The van der Waals surface area contributed by atoms with Gasteiger partial charge in [0.2, 0.25) is 0 Å². The Morgan fingerprint density at radius 3 is 2.65 bits per heavy atom. The Morgan fingerprint density at radius 2 is 1.94 bits per heavy atom. The van der Waals surface area contributed by atoms with Gasteiger partial charge in [0.1, 0.15) is 5.78 Å². The Kier molecular flexibility index (Phi) is 5.77. The molecule has 0 amide bonds. The van der Waals surface area contributed by atoms with Crippen molar-refractivity contribution in [2.75, 3.05) is 6.61 Å². The summed E-state index contributed by atoms with van der Waals surface area (Å²) in [4.78, 5) is 30.7. The quantitative estimate of drug-likeness (QED) is 0.735. The molecule has 2 aliphatic rings. The van der Waals surface area contributed by atoms with Gasteiger partial charge < -0.3 is 10.1 Å². The number of nitrogens with one attached hydrogen (secondary N) is 1. The summed E-state index contributed by atoms with van der Waals surface area (Å²) in [6.07, 6.45) is 6.65. The van der Waals surface area contributed by atoms with Gasteiger partial charge in [-0.3, -0.25) is 9.78 Å². The summed E-state index contributed by atoms with van der Waals surface area (Å²) in [6.45, 7) is 6.27. The van der Waals surface area contributed by atoms with Crippen LogP contribution < -0.4 is 5.32 Å². The van der Waals surface area contributed by atoms with E-state index in [1.54, 1.807) is 12.4 Å². The van der Waals surface area contributed by atoms with Crippen molar-refractivity contribution in [3.8, 4) is 0 Å². The van der Waals surface area contributed by atoms with Crippen LogP contribution in [0.5, 0.6) is 0 Å². The second-order valence-corrected chi connectivity index (χ2v) is 9.01. The summed E-state index contributed by atoms with van der Waals surface area (Å²) in [6, 6.07) is 13.7. The molecular weight excluding hydrogens is 388 g/mol. The van der Waals surface area contributed by atoms with E-state index in [0.29, 0.717) is 18.4 Å². The second kappa shape index (κ2) is 8.50. The number of Topliss-reactive ketones (excluding diaryl/α,β-unsaturated/α-hetero) is 1. The zero-order valence-corrected chi connectivity index (χ0v) is 18.2. The lowest BCUT2D eigenvalue weighted by Crippen LogP contribution is -2.43. The van der Waals surface area contributed by atoms with Crippen molar-refractivity contribution >= 4 is 11.8 Å². The summed E-state index contributed by atoms with van der Waals surface area (Å²) in [5.41, 5.74) is 3.85. The summed E-state index contributed by atoms with van der Waals surface area (Å²) < 4.78 is 5.68. The van der Waals surface area contributed by atoms with Gasteiger partial charge in [-0.1, -0.05) is 56.3 Å². The SMILES string of the molecule is CC1=C(C(=O)OCCc2ccccc2)C(c2cccnc2)C2C(=O)CC(C)(C)C=C2N1. The van der Waals surface area contributed by atoms with Crippen molar-refractivity contribution in [2.24, 2.45) is 11.3 Å². The molecule has 5 nitrogen and oxygen atoms in total. The number of ketones is 1. The molecule has 160 valence electrons. The number of nitrogens with zero attached hydrogens (tertiary/aromatic N) is 1. The van der Waals surface area contributed by atoms with Gasteiger partial charge in [-0.05, 0) is 29.5 Å². The minimum Gasteiger partial charge on any atom is -0.462 e. The maximum absolute atomic E-state index is 13.2. The third-order valence-corrected chi connectivity index (χ3v) is 5.97. The van der Waals surface area contributed by atoms with E-state index in [9.17, 15) is 9.59 Å². The number of carbonyl (C=O) groups is 2. The van der Waals surface area contributed by atoms with Crippen molar-refractivity contribution in [2.45, 2.75) is 39.5 Å². The Hall–Kier alpha value is -3.21. The van der Waals surface area contributed by atoms with Crippen LogP contribution in [0.2, 0.25) is 0 Å². The molecular formula is C26H28N2O3. The van der Waals surface area contributed by atoms with E-state index < -0.39 is 11.8 Å². The molecule has 1 aliphatic heterocycles. The molecule has 2 atom stereocenters. The molecule has 1 aromatic heterocycles. The van der Waals surface area contributed by atoms with Crippen LogP contribution in [0.4, 0.5) is 0 Å². The standard InChI is InChI=1S/C26H28N2O3/c1-17-22(25(30)31-13-11-18-8-5-4-6-9-18)23(19-10-7-12-27-16-19)24-20(28-17)14-26(2,3)15-21(24)29/h4-10,12,14,16,23-24,28H,11,13,15H2,1-3H3. The van der Waals surface area contributed by atoms with E-state index in [1.165, 1.54) is 0 Å². The minimum atomic E-state index is -0.433. The number of carbonyl (C=O) groups excluding carboxylic acids is 2. The molecule has 2 unspecified atom stereocenters. The molecule has 0 saturated heterocycles. The van der Waals surface area contributed by atoms with Gasteiger partial charge in [0, 0.05) is 42.5 Å². The Balaban J connectivity index is 1.66. The number of hydrogen-bond donors (Lipinski definition) is 1. The monoisotopic (exact) mass is 416 g/mol. The lowest BCUT2D eigenvalue weighted by molar-refractivity contribution is -0.139. The van der Waals surface area contributed by atoms with E-state index >= 15 is 0 Å². The Bertz CT molecular complexity index is 1040. The van der Waals surface area contributed by atoms with E-state index in [0.717, 1.165) is 22.5 Å². The van der Waals surface area contributed by atoms with Crippen LogP contribution in [0.1, 0.15) is 44.2 Å². The Labute approximate surface area is 183 Å². The molecule has 0 bridgehead atoms. The van der Waals surface area contributed by atoms with Gasteiger partial charge >= 0.3 is 5.97 Å². The average Bonchev–Trinajstić information content (AvgIpc) is 2.73. The van der Waals surface area contributed by atoms with Gasteiger partial charge in [-0.2, -0.15) is 0 Å². The first kappa shape index (κ1) is 21.0. The number of fused-ring (bicyclic) bond motifs is 1. The zero-order chi connectivity index (χ0) is 22.0. The molecule has 0 radical (unpaired) electrons. The Morgan fingerprint density at radius 1 is 1.16 bits per heavy atom. The highest BCUT2D eigenvalue weighted by molar-refractivity contribution is 5.96. The number of benzene rings is 1. The first-order valence-corrected chi connectivity index (χ1v) is 10.7. The summed E-state index contributed by atoms with van der Waals surface area (Å²) in [5.74, 6) is -1.09. The predicted molar refractivity (Wildman–Crippen MR) is 119 cm³/mol. The first-order valence-electron chi connectivity index (χ1n) is 10.7. The van der Waals surface area contributed by atoms with Gasteiger partial charge in [0.05, 0.1) is 18.1 Å². The van der Waals surface area contributed by atoms with E-state index in [1.807, 2.05) is 49.4 Å². The van der Waals surface area contributed by atoms with Crippen LogP contribution in [0.3, 0.4) is 0 Å². The van der Waals surface area contributed by atoms with Gasteiger partial charge in [0.15, 0.2) is 0 Å². The summed E-state index contributed by atoms with van der Waals surface area (Å²) >= 11 is 0. The highest BCUT2D eigenvalue weighted by atomic mass is 16.5. The number of hydrogen-bond acceptors (Lipinski definition) is 5. The normalized spacial score (nSPS) is 22.3. The fourth-order valence-electron chi connectivity index (χ4n) is 4.64. The van der Waals surface area contributed by atoms with E-state index in [-0.39, 0.29) is 23.8 Å². The highest BCUT2D eigenvalue weighted by Crippen LogP contribution is 2.46. The van der Waals surface area contributed by atoms with Crippen molar-refractivity contribution in [3.05, 3.63) is 89.0 Å². The number of ether oxygens (including phenoxy) is 1. The maximum Gasteiger partial charge on any atom is 0.336 e. The molecule has 31 heavy (non-hydrogen) atoms. The number of rotatable bonds is 5. The molecule has 0 fully saturated rings. The number of allylic oxidation sites excluding steroid dienone is 3. The topological polar surface area (TPSA) is 68.3 Å². The molecule has 0 spiro atoms. The minimum absolute atomic E-state index is 0.130. The van der Waals surface area contributed by atoms with Gasteiger partial charge in [0.25, 0.3) is 0 Å². The molecule has 1 N–H and O–H groups in total. The molecule has 4 rings (SSSR count). The van der Waals surface area contributed by atoms with Crippen molar-refractivity contribution in [3.63, 3.8) is 0 Å². The van der Waals surface area contributed by atoms with Crippen LogP contribution in [0.15, 0.2) is 77.9 Å². The fourth-order valence-corrected chi connectivity index (χ4v) is 4.64. The fraction of sp³-hybridized carbons (Fsp3) is 0.346. The van der Waals surface area contributed by atoms with E-state index in [2.05, 4.69) is 30.2 Å². The predicted octanol–water partition coefficient (Wildman–Crippen LogP) is 4.33. The van der Waals surface area contributed by atoms with Crippen LogP contribution in [0.25, 0.3) is 0 Å². The largest absolute Gasteiger partial charge is 0.462 e. The molecule has 0 saturated carbocycles. The molecule has 5 heteroatoms. The summed E-state index contributed by atoms with van der Waals surface area (Å²) in [5, 5.41) is 3.34.